The fourth-order valence-corrected chi connectivity index (χ4v) is 2.83. The number of nitriles is 2. The van der Waals surface area contributed by atoms with Crippen LogP contribution in [0.25, 0.3) is 0 Å². The summed E-state index contributed by atoms with van der Waals surface area (Å²) in [6.07, 6.45) is 0. The van der Waals surface area contributed by atoms with E-state index in [1.54, 1.807) is 6.07 Å². The third-order valence-electron chi connectivity index (χ3n) is 2.98. The fourth-order valence-electron chi connectivity index (χ4n) is 2.05. The van der Waals surface area contributed by atoms with Crippen LogP contribution in [0.5, 0.6) is 0 Å². The summed E-state index contributed by atoms with van der Waals surface area (Å²) in [6, 6.07) is 9.66. The van der Waals surface area contributed by atoms with Crippen molar-refractivity contribution in [2.24, 2.45) is 11.5 Å². The molecule has 0 bridgehead atoms. The molecule has 7 nitrogen and oxygen atoms in total. The second kappa shape index (κ2) is 5.57. The lowest BCUT2D eigenvalue weighted by molar-refractivity contribution is -0.384. The van der Waals surface area contributed by atoms with Crippen LogP contribution < -0.4 is 11.5 Å². The summed E-state index contributed by atoms with van der Waals surface area (Å²) in [7, 11) is 0. The number of allylic oxidation sites excluding steroid dienone is 2. The Morgan fingerprint density at radius 3 is 2.24 bits per heavy atom. The summed E-state index contributed by atoms with van der Waals surface area (Å²) in [5.74, 6) is -0.777. The second-order valence-electron chi connectivity index (χ2n) is 4.17. The normalized spacial score (nSPS) is 15.5. The minimum atomic E-state index is -0.777. The number of hydrogen-bond acceptors (Lipinski definition) is 7. The minimum Gasteiger partial charge on any atom is -0.392 e. The highest BCUT2D eigenvalue weighted by Crippen LogP contribution is 2.43. The molecular formula is C13H9N5O2S. The molecule has 0 spiro atoms. The Bertz CT molecular complexity index is 734. The third-order valence-corrected chi connectivity index (χ3v) is 3.86. The highest BCUT2D eigenvalue weighted by molar-refractivity contribution is 8.06. The lowest BCUT2D eigenvalue weighted by Crippen LogP contribution is -2.18. The van der Waals surface area contributed by atoms with E-state index in [1.807, 2.05) is 12.1 Å². The van der Waals surface area contributed by atoms with Gasteiger partial charge in [-0.15, -0.1) is 0 Å². The first-order valence-corrected chi connectivity index (χ1v) is 6.53. The summed E-state index contributed by atoms with van der Waals surface area (Å²) in [5.41, 5.74) is 12.2. The number of rotatable bonds is 2. The summed E-state index contributed by atoms with van der Waals surface area (Å²) in [6.45, 7) is 0. The monoisotopic (exact) mass is 299 g/mol. The van der Waals surface area contributed by atoms with E-state index >= 15 is 0 Å². The van der Waals surface area contributed by atoms with E-state index < -0.39 is 10.8 Å². The largest absolute Gasteiger partial charge is 0.392 e. The Hall–Kier alpha value is -2.97. The van der Waals surface area contributed by atoms with Crippen LogP contribution in [0.2, 0.25) is 0 Å². The lowest BCUT2D eigenvalue weighted by atomic mass is 9.85. The Balaban J connectivity index is 2.65. The molecule has 1 aliphatic heterocycles. The van der Waals surface area contributed by atoms with Gasteiger partial charge in [0.1, 0.15) is 0 Å². The predicted octanol–water partition coefficient (Wildman–Crippen LogP) is 1.81. The maximum atomic E-state index is 10.9. The number of nitrogens with two attached hydrogens (primary N) is 2. The van der Waals surface area contributed by atoms with Gasteiger partial charge in [0.15, 0.2) is 0 Å². The molecule has 0 atom stereocenters. The van der Waals surface area contributed by atoms with Crippen molar-refractivity contribution in [2.45, 2.75) is 5.92 Å². The summed E-state index contributed by atoms with van der Waals surface area (Å²) in [5, 5.41) is 29.8. The standard InChI is InChI=1S/C13H9N5O2S/c14-5-9-11(10(6-15)13(17)21-12(9)16)7-2-1-3-8(4-7)18(19)20/h1-4,11H,16-17H2. The SMILES string of the molecule is N#CC1=C(N)SC(N)=C(C#N)C1c1cccc([N+](=O)[O-])c1. The molecule has 1 aromatic carbocycles. The van der Waals surface area contributed by atoms with Gasteiger partial charge < -0.3 is 11.5 Å². The van der Waals surface area contributed by atoms with Crippen molar-refractivity contribution in [1.29, 1.82) is 10.5 Å². The van der Waals surface area contributed by atoms with Crippen LogP contribution in [-0.4, -0.2) is 4.92 Å². The Morgan fingerprint density at radius 2 is 1.76 bits per heavy atom. The molecule has 0 amide bonds. The molecule has 8 heteroatoms. The molecule has 1 heterocycles. The molecule has 0 radical (unpaired) electrons. The van der Waals surface area contributed by atoms with Crippen LogP contribution in [0.1, 0.15) is 11.5 Å². The second-order valence-corrected chi connectivity index (χ2v) is 5.25. The van der Waals surface area contributed by atoms with Gasteiger partial charge >= 0.3 is 0 Å². The van der Waals surface area contributed by atoms with Crippen molar-refractivity contribution in [3.63, 3.8) is 0 Å². The van der Waals surface area contributed by atoms with Gasteiger partial charge in [-0.25, -0.2) is 0 Å². The maximum Gasteiger partial charge on any atom is 0.269 e. The molecular weight excluding hydrogens is 290 g/mol. The van der Waals surface area contributed by atoms with Gasteiger partial charge in [-0.05, 0) is 5.56 Å². The number of benzene rings is 1. The first-order chi connectivity index (χ1) is 9.99. The average Bonchev–Trinajstić information content (AvgIpc) is 2.46. The Kier molecular flexibility index (Phi) is 3.83. The Labute approximate surface area is 124 Å². The lowest BCUT2D eigenvalue weighted by Gasteiger charge is -2.23. The molecule has 104 valence electrons. The third kappa shape index (κ3) is 2.53. The van der Waals surface area contributed by atoms with Crippen molar-refractivity contribution in [3.05, 3.63) is 61.1 Å². The molecule has 0 unspecified atom stereocenters. The van der Waals surface area contributed by atoms with E-state index in [9.17, 15) is 20.6 Å². The summed E-state index contributed by atoms with van der Waals surface area (Å²) < 4.78 is 0. The van der Waals surface area contributed by atoms with E-state index in [2.05, 4.69) is 0 Å². The van der Waals surface area contributed by atoms with Gasteiger partial charge in [0.25, 0.3) is 5.69 Å². The van der Waals surface area contributed by atoms with Gasteiger partial charge in [0.2, 0.25) is 0 Å². The molecule has 0 saturated carbocycles. The van der Waals surface area contributed by atoms with Gasteiger partial charge in [-0.1, -0.05) is 23.9 Å². The van der Waals surface area contributed by atoms with Crippen LogP contribution >= 0.6 is 11.8 Å². The smallest absolute Gasteiger partial charge is 0.269 e. The van der Waals surface area contributed by atoms with Crippen molar-refractivity contribution in [2.75, 3.05) is 0 Å². The molecule has 2 rings (SSSR count). The molecule has 4 N–H and O–H groups in total. The molecule has 0 saturated heterocycles. The number of nitrogens with zero attached hydrogens (tertiary/aromatic N) is 3. The first kappa shape index (κ1) is 14.4. The zero-order valence-corrected chi connectivity index (χ0v) is 11.4. The number of hydrogen-bond donors (Lipinski definition) is 2. The van der Waals surface area contributed by atoms with Crippen LogP contribution in [0.4, 0.5) is 5.69 Å². The molecule has 21 heavy (non-hydrogen) atoms. The maximum absolute atomic E-state index is 10.9. The summed E-state index contributed by atoms with van der Waals surface area (Å²) >= 11 is 0.951. The van der Waals surface area contributed by atoms with Crippen LogP contribution in [0, 0.1) is 32.8 Å². The highest BCUT2D eigenvalue weighted by Gasteiger charge is 2.31. The van der Waals surface area contributed by atoms with Gasteiger partial charge in [-0.3, -0.25) is 10.1 Å². The number of non-ortho nitro benzene ring substituents is 1. The average molecular weight is 299 g/mol. The van der Waals surface area contributed by atoms with E-state index in [0.29, 0.717) is 5.56 Å². The Morgan fingerprint density at radius 1 is 1.19 bits per heavy atom. The van der Waals surface area contributed by atoms with Gasteiger partial charge in [0.05, 0.1) is 44.2 Å². The quantitative estimate of drug-likeness (QED) is 0.626. The highest BCUT2D eigenvalue weighted by atomic mass is 32.2. The molecule has 0 fully saturated rings. The first-order valence-electron chi connectivity index (χ1n) is 5.71. The zero-order chi connectivity index (χ0) is 15.6. The van der Waals surface area contributed by atoms with Crippen LogP contribution in [0.15, 0.2) is 45.5 Å². The van der Waals surface area contributed by atoms with E-state index in [-0.39, 0.29) is 26.9 Å². The van der Waals surface area contributed by atoms with Crippen molar-refractivity contribution in [3.8, 4) is 12.1 Å². The molecule has 1 aromatic rings. The van der Waals surface area contributed by atoms with Gasteiger partial charge in [-0.2, -0.15) is 10.5 Å². The molecule has 0 aliphatic carbocycles. The van der Waals surface area contributed by atoms with E-state index in [1.165, 1.54) is 18.2 Å². The number of nitro groups is 1. The number of nitro benzene ring substituents is 1. The van der Waals surface area contributed by atoms with Crippen LogP contribution in [0.3, 0.4) is 0 Å². The van der Waals surface area contributed by atoms with Crippen molar-refractivity contribution >= 4 is 17.4 Å². The topological polar surface area (TPSA) is 143 Å². The van der Waals surface area contributed by atoms with E-state index in [0.717, 1.165) is 11.8 Å². The fraction of sp³-hybridized carbons (Fsp3) is 0.0769. The van der Waals surface area contributed by atoms with Crippen LogP contribution in [-0.2, 0) is 0 Å². The number of thioether (sulfide) groups is 1. The minimum absolute atomic E-state index is 0.127. The van der Waals surface area contributed by atoms with E-state index in [4.69, 9.17) is 11.5 Å². The van der Waals surface area contributed by atoms with Crippen molar-refractivity contribution in [1.82, 2.24) is 0 Å². The van der Waals surface area contributed by atoms with Crippen molar-refractivity contribution < 1.29 is 4.92 Å². The molecule has 0 aromatic heterocycles. The summed E-state index contributed by atoms with van der Waals surface area (Å²) in [4.78, 5) is 10.3. The predicted molar refractivity (Wildman–Crippen MR) is 77.1 cm³/mol. The van der Waals surface area contributed by atoms with Gasteiger partial charge in [0, 0.05) is 12.1 Å². The molecule has 1 aliphatic rings. The zero-order valence-electron chi connectivity index (χ0n) is 10.6.